The van der Waals surface area contributed by atoms with Crippen LogP contribution in [-0.2, 0) is 9.53 Å². The zero-order chi connectivity index (χ0) is 20.7. The molecule has 2 aromatic carbocycles. The minimum atomic E-state index is -0.690. The van der Waals surface area contributed by atoms with Gasteiger partial charge in [-0.25, -0.2) is 4.79 Å². The molecule has 0 fully saturated rings. The molecule has 8 heteroatoms. The van der Waals surface area contributed by atoms with E-state index < -0.39 is 17.6 Å². The monoisotopic (exact) mass is 403 g/mol. The number of benzene rings is 2. The van der Waals surface area contributed by atoms with Gasteiger partial charge in [-0.2, -0.15) is 0 Å². The van der Waals surface area contributed by atoms with Crippen LogP contribution in [-0.4, -0.2) is 30.1 Å². The van der Waals surface area contributed by atoms with Crippen molar-refractivity contribution in [1.29, 1.82) is 0 Å². The van der Waals surface area contributed by atoms with Gasteiger partial charge in [0.15, 0.2) is 0 Å². The Balaban J connectivity index is 1.98. The molecule has 0 saturated carbocycles. The number of carbonyl (C=O) groups excluding carboxylic acids is 3. The van der Waals surface area contributed by atoms with Gasteiger partial charge in [-0.05, 0) is 51.1 Å². The molecule has 7 nitrogen and oxygen atoms in total. The Bertz CT molecular complexity index is 878. The number of rotatable bonds is 5. The smallest absolute Gasteiger partial charge is 0.408 e. The van der Waals surface area contributed by atoms with Crippen molar-refractivity contribution in [3.8, 4) is 0 Å². The molecule has 2 aromatic rings. The largest absolute Gasteiger partial charge is 0.444 e. The number of halogens is 1. The van der Waals surface area contributed by atoms with Crippen molar-refractivity contribution in [2.45, 2.75) is 26.4 Å². The van der Waals surface area contributed by atoms with Gasteiger partial charge in [0, 0.05) is 10.6 Å². The van der Waals surface area contributed by atoms with Gasteiger partial charge in [0.2, 0.25) is 5.91 Å². The molecule has 3 N–H and O–H groups in total. The van der Waals surface area contributed by atoms with E-state index in [1.807, 2.05) is 0 Å². The Kier molecular flexibility index (Phi) is 7.00. The normalized spacial score (nSPS) is 10.7. The van der Waals surface area contributed by atoms with Crippen LogP contribution in [0.2, 0.25) is 5.02 Å². The van der Waals surface area contributed by atoms with E-state index in [-0.39, 0.29) is 12.5 Å². The molecule has 0 aliphatic rings. The predicted molar refractivity (Wildman–Crippen MR) is 109 cm³/mol. The lowest BCUT2D eigenvalue weighted by molar-refractivity contribution is -0.115. The average molecular weight is 404 g/mol. The molecule has 0 atom stereocenters. The highest BCUT2D eigenvalue weighted by atomic mass is 35.5. The van der Waals surface area contributed by atoms with E-state index in [0.29, 0.717) is 22.0 Å². The third-order valence-corrected chi connectivity index (χ3v) is 3.56. The summed E-state index contributed by atoms with van der Waals surface area (Å²) < 4.78 is 5.08. The molecule has 0 saturated heterocycles. The summed E-state index contributed by atoms with van der Waals surface area (Å²) in [5.74, 6) is -0.827. The van der Waals surface area contributed by atoms with Crippen LogP contribution >= 0.6 is 11.6 Å². The fourth-order valence-electron chi connectivity index (χ4n) is 2.19. The lowest BCUT2D eigenvalue weighted by Gasteiger charge is -2.19. The van der Waals surface area contributed by atoms with E-state index in [1.165, 1.54) is 0 Å². The van der Waals surface area contributed by atoms with Crippen molar-refractivity contribution in [1.82, 2.24) is 5.32 Å². The van der Waals surface area contributed by atoms with Crippen LogP contribution in [0.3, 0.4) is 0 Å². The van der Waals surface area contributed by atoms with E-state index in [9.17, 15) is 14.4 Å². The molecule has 2 rings (SSSR count). The summed E-state index contributed by atoms with van der Waals surface area (Å²) in [6.07, 6.45) is -0.690. The van der Waals surface area contributed by atoms with Crippen LogP contribution in [0.25, 0.3) is 0 Å². The van der Waals surface area contributed by atoms with Crippen LogP contribution < -0.4 is 16.0 Å². The number of para-hydroxylation sites is 2. The average Bonchev–Trinajstić information content (AvgIpc) is 2.60. The number of hydrogen-bond acceptors (Lipinski definition) is 4. The Hall–Kier alpha value is -3.06. The summed E-state index contributed by atoms with van der Waals surface area (Å²) >= 11 is 5.91. The van der Waals surface area contributed by atoms with Gasteiger partial charge in [-0.15, -0.1) is 0 Å². The topological polar surface area (TPSA) is 96.5 Å². The molecule has 0 aromatic heterocycles. The van der Waals surface area contributed by atoms with Gasteiger partial charge in [-0.3, -0.25) is 9.59 Å². The Labute approximate surface area is 168 Å². The molecule has 3 amide bonds. The zero-order valence-corrected chi connectivity index (χ0v) is 16.6. The van der Waals surface area contributed by atoms with E-state index in [0.717, 1.165) is 0 Å². The highest BCUT2D eigenvalue weighted by molar-refractivity contribution is 6.31. The standard InChI is InChI=1S/C20H22ClN3O4/c1-20(2,3)28-19(27)22-12-17(25)23-15-9-4-5-10-16(15)24-18(26)13-7-6-8-14(21)11-13/h4-11H,12H2,1-3H3,(H,22,27)(H,23,25)(H,24,26). The summed E-state index contributed by atoms with van der Waals surface area (Å²) in [6, 6.07) is 13.2. The van der Waals surface area contributed by atoms with Gasteiger partial charge < -0.3 is 20.7 Å². The second kappa shape index (κ2) is 9.23. The number of hydrogen-bond donors (Lipinski definition) is 3. The molecular weight excluding hydrogens is 382 g/mol. The van der Waals surface area contributed by atoms with Gasteiger partial charge in [0.1, 0.15) is 12.1 Å². The van der Waals surface area contributed by atoms with Crippen LogP contribution in [0.1, 0.15) is 31.1 Å². The van der Waals surface area contributed by atoms with E-state index in [4.69, 9.17) is 16.3 Å². The second-order valence-corrected chi connectivity index (χ2v) is 7.35. The maximum absolute atomic E-state index is 12.4. The summed E-state index contributed by atoms with van der Waals surface area (Å²) in [5.41, 5.74) is 0.546. The molecule has 148 valence electrons. The number of amides is 3. The molecule has 0 heterocycles. The molecule has 0 unspecified atom stereocenters. The van der Waals surface area contributed by atoms with Crippen molar-refractivity contribution in [3.63, 3.8) is 0 Å². The quantitative estimate of drug-likeness (QED) is 0.701. The number of anilines is 2. The molecule has 0 radical (unpaired) electrons. The molecule has 0 spiro atoms. The van der Waals surface area contributed by atoms with Crippen LogP contribution in [0, 0.1) is 0 Å². The first-order chi connectivity index (χ1) is 13.1. The minimum absolute atomic E-state index is 0.272. The molecule has 0 bridgehead atoms. The highest BCUT2D eigenvalue weighted by Gasteiger charge is 2.17. The first-order valence-electron chi connectivity index (χ1n) is 8.57. The van der Waals surface area contributed by atoms with E-state index in [2.05, 4.69) is 16.0 Å². The van der Waals surface area contributed by atoms with E-state index >= 15 is 0 Å². The molecule has 0 aliphatic carbocycles. The maximum Gasteiger partial charge on any atom is 0.408 e. The van der Waals surface area contributed by atoms with Crippen molar-refractivity contribution in [2.75, 3.05) is 17.2 Å². The second-order valence-electron chi connectivity index (χ2n) is 6.91. The van der Waals surface area contributed by atoms with Crippen molar-refractivity contribution in [2.24, 2.45) is 0 Å². The van der Waals surface area contributed by atoms with Gasteiger partial charge in [0.05, 0.1) is 11.4 Å². The van der Waals surface area contributed by atoms with Crippen molar-refractivity contribution >= 4 is 40.9 Å². The Morgan fingerprint density at radius 3 is 2.21 bits per heavy atom. The summed E-state index contributed by atoms with van der Waals surface area (Å²) in [4.78, 5) is 36.2. The first-order valence-corrected chi connectivity index (χ1v) is 8.94. The fourth-order valence-corrected chi connectivity index (χ4v) is 2.38. The zero-order valence-electron chi connectivity index (χ0n) is 15.8. The third kappa shape index (κ3) is 6.92. The predicted octanol–water partition coefficient (Wildman–Crippen LogP) is 4.06. The summed E-state index contributed by atoms with van der Waals surface area (Å²) in [5, 5.41) is 8.20. The van der Waals surface area contributed by atoms with Crippen molar-refractivity contribution in [3.05, 3.63) is 59.1 Å². The number of carbonyl (C=O) groups is 3. The Morgan fingerprint density at radius 1 is 0.964 bits per heavy atom. The minimum Gasteiger partial charge on any atom is -0.444 e. The lowest BCUT2D eigenvalue weighted by Crippen LogP contribution is -2.37. The number of ether oxygens (including phenoxy) is 1. The molecule has 28 heavy (non-hydrogen) atoms. The first kappa shape index (κ1) is 21.2. The number of nitrogens with one attached hydrogen (secondary N) is 3. The molecular formula is C20H22ClN3O4. The van der Waals surface area contributed by atoms with Gasteiger partial charge in [-0.1, -0.05) is 29.8 Å². The Morgan fingerprint density at radius 2 is 1.61 bits per heavy atom. The SMILES string of the molecule is CC(C)(C)OC(=O)NCC(=O)Nc1ccccc1NC(=O)c1cccc(Cl)c1. The third-order valence-electron chi connectivity index (χ3n) is 3.33. The van der Waals surface area contributed by atoms with Crippen LogP contribution in [0.15, 0.2) is 48.5 Å². The maximum atomic E-state index is 12.4. The number of alkyl carbamates (subject to hydrolysis) is 1. The summed E-state index contributed by atoms with van der Waals surface area (Å²) in [7, 11) is 0. The van der Waals surface area contributed by atoms with Crippen molar-refractivity contribution < 1.29 is 19.1 Å². The van der Waals surface area contributed by atoms with Gasteiger partial charge >= 0.3 is 6.09 Å². The molecule has 0 aliphatic heterocycles. The van der Waals surface area contributed by atoms with Crippen LogP contribution in [0.4, 0.5) is 16.2 Å². The van der Waals surface area contributed by atoms with Gasteiger partial charge in [0.25, 0.3) is 5.91 Å². The van der Waals surface area contributed by atoms with E-state index in [1.54, 1.807) is 69.3 Å². The lowest BCUT2D eigenvalue weighted by atomic mass is 10.2. The highest BCUT2D eigenvalue weighted by Crippen LogP contribution is 2.22. The van der Waals surface area contributed by atoms with Crippen LogP contribution in [0.5, 0.6) is 0 Å². The fraction of sp³-hybridized carbons (Fsp3) is 0.250. The summed E-state index contributed by atoms with van der Waals surface area (Å²) in [6.45, 7) is 4.91.